The zero-order valence-electron chi connectivity index (χ0n) is 10.3. The quantitative estimate of drug-likeness (QED) is 0.585. The van der Waals surface area contributed by atoms with E-state index in [1.165, 1.54) is 23.1 Å². The van der Waals surface area contributed by atoms with Crippen LogP contribution in [0.4, 0.5) is 5.13 Å². The minimum atomic E-state index is -0.405. The summed E-state index contributed by atoms with van der Waals surface area (Å²) in [5.41, 5.74) is 5.03. The topological polar surface area (TPSA) is 98.0 Å². The number of rotatable bonds is 7. The van der Waals surface area contributed by atoms with Crippen LogP contribution >= 0.6 is 23.1 Å². The molecule has 0 atom stereocenters. The van der Waals surface area contributed by atoms with E-state index in [4.69, 9.17) is 5.73 Å². The average molecular weight is 288 g/mol. The van der Waals surface area contributed by atoms with Gasteiger partial charge in [-0.15, -0.1) is 10.2 Å². The summed E-state index contributed by atoms with van der Waals surface area (Å²) in [7, 11) is 0. The first-order valence-corrected chi connectivity index (χ1v) is 7.42. The highest BCUT2D eigenvalue weighted by molar-refractivity contribution is 8.01. The first kappa shape index (κ1) is 14.9. The Morgan fingerprint density at radius 1 is 1.39 bits per heavy atom. The highest BCUT2D eigenvalue weighted by Gasteiger charge is 2.16. The van der Waals surface area contributed by atoms with E-state index < -0.39 is 5.91 Å². The SMILES string of the molecule is CCC(CC)C(=O)Nc1nnc(SCC(N)=O)s1. The van der Waals surface area contributed by atoms with E-state index in [0.717, 1.165) is 12.8 Å². The maximum atomic E-state index is 11.8. The number of nitrogens with two attached hydrogens (primary N) is 1. The van der Waals surface area contributed by atoms with Gasteiger partial charge in [-0.05, 0) is 12.8 Å². The largest absolute Gasteiger partial charge is 0.369 e. The van der Waals surface area contributed by atoms with Crippen molar-refractivity contribution in [1.29, 1.82) is 0 Å². The second kappa shape index (κ2) is 7.32. The highest BCUT2D eigenvalue weighted by atomic mass is 32.2. The molecule has 0 aliphatic heterocycles. The fourth-order valence-electron chi connectivity index (χ4n) is 1.32. The predicted molar refractivity (Wildman–Crippen MR) is 72.5 cm³/mol. The van der Waals surface area contributed by atoms with Crippen molar-refractivity contribution in [3.63, 3.8) is 0 Å². The Hall–Kier alpha value is -1.15. The smallest absolute Gasteiger partial charge is 0.229 e. The standard InChI is InChI=1S/C10H16N4O2S2/c1-3-6(4-2)8(16)12-9-13-14-10(18-9)17-5-7(11)15/h6H,3-5H2,1-2H3,(H2,11,15)(H,12,13,16). The number of hydrogen-bond acceptors (Lipinski definition) is 6. The molecule has 0 aliphatic rings. The van der Waals surface area contributed by atoms with Crippen LogP contribution in [0.2, 0.25) is 0 Å². The zero-order valence-corrected chi connectivity index (χ0v) is 11.9. The molecule has 100 valence electrons. The van der Waals surface area contributed by atoms with Crippen LogP contribution in [0.3, 0.4) is 0 Å². The molecule has 8 heteroatoms. The number of nitrogens with one attached hydrogen (secondary N) is 1. The number of thioether (sulfide) groups is 1. The zero-order chi connectivity index (χ0) is 13.5. The summed E-state index contributed by atoms with van der Waals surface area (Å²) >= 11 is 2.46. The molecule has 0 radical (unpaired) electrons. The summed E-state index contributed by atoms with van der Waals surface area (Å²) in [6, 6.07) is 0. The van der Waals surface area contributed by atoms with Crippen molar-refractivity contribution in [2.45, 2.75) is 31.0 Å². The first-order chi connectivity index (χ1) is 8.56. The average Bonchev–Trinajstić information content (AvgIpc) is 2.75. The van der Waals surface area contributed by atoms with E-state index in [9.17, 15) is 9.59 Å². The van der Waals surface area contributed by atoms with Crippen molar-refractivity contribution in [2.24, 2.45) is 11.7 Å². The Morgan fingerprint density at radius 2 is 2.06 bits per heavy atom. The minimum Gasteiger partial charge on any atom is -0.369 e. The number of carbonyl (C=O) groups excluding carboxylic acids is 2. The molecule has 1 aromatic heterocycles. The third kappa shape index (κ3) is 4.61. The number of hydrogen-bond donors (Lipinski definition) is 2. The van der Waals surface area contributed by atoms with Crippen LogP contribution in [0, 0.1) is 5.92 Å². The van der Waals surface area contributed by atoms with E-state index in [2.05, 4.69) is 15.5 Å². The maximum Gasteiger partial charge on any atom is 0.229 e. The molecule has 1 aromatic rings. The fraction of sp³-hybridized carbons (Fsp3) is 0.600. The van der Waals surface area contributed by atoms with Crippen LogP contribution in [0.5, 0.6) is 0 Å². The normalized spacial score (nSPS) is 10.6. The highest BCUT2D eigenvalue weighted by Crippen LogP contribution is 2.25. The van der Waals surface area contributed by atoms with Gasteiger partial charge in [-0.25, -0.2) is 0 Å². The van der Waals surface area contributed by atoms with E-state index >= 15 is 0 Å². The van der Waals surface area contributed by atoms with Crippen molar-refractivity contribution in [3.05, 3.63) is 0 Å². The first-order valence-electron chi connectivity index (χ1n) is 5.62. The molecule has 0 aliphatic carbocycles. The molecule has 0 saturated carbocycles. The van der Waals surface area contributed by atoms with Crippen LogP contribution in [-0.4, -0.2) is 27.8 Å². The summed E-state index contributed by atoms with van der Waals surface area (Å²) in [5.74, 6) is -0.286. The van der Waals surface area contributed by atoms with Crippen molar-refractivity contribution in [3.8, 4) is 0 Å². The molecule has 0 saturated heterocycles. The van der Waals surface area contributed by atoms with Crippen molar-refractivity contribution in [1.82, 2.24) is 10.2 Å². The lowest BCUT2D eigenvalue weighted by atomic mass is 10.0. The lowest BCUT2D eigenvalue weighted by Gasteiger charge is -2.09. The molecule has 0 spiro atoms. The lowest BCUT2D eigenvalue weighted by Crippen LogP contribution is -2.21. The molecular weight excluding hydrogens is 272 g/mol. The Kier molecular flexibility index (Phi) is 6.06. The van der Waals surface area contributed by atoms with Gasteiger partial charge in [-0.1, -0.05) is 36.9 Å². The third-order valence-corrected chi connectivity index (χ3v) is 4.33. The van der Waals surface area contributed by atoms with Gasteiger partial charge < -0.3 is 11.1 Å². The van der Waals surface area contributed by atoms with E-state index in [-0.39, 0.29) is 17.6 Å². The van der Waals surface area contributed by atoms with Gasteiger partial charge in [0.05, 0.1) is 5.75 Å². The van der Waals surface area contributed by atoms with Crippen molar-refractivity contribution >= 4 is 40.0 Å². The van der Waals surface area contributed by atoms with Crippen molar-refractivity contribution in [2.75, 3.05) is 11.1 Å². The van der Waals surface area contributed by atoms with Crippen molar-refractivity contribution < 1.29 is 9.59 Å². The predicted octanol–water partition coefficient (Wildman–Crippen LogP) is 1.49. The second-order valence-corrected chi connectivity index (χ2v) is 5.83. The maximum absolute atomic E-state index is 11.8. The van der Waals surface area contributed by atoms with E-state index in [0.29, 0.717) is 9.47 Å². The summed E-state index contributed by atoms with van der Waals surface area (Å²) in [6.45, 7) is 3.95. The van der Waals surface area contributed by atoms with Gasteiger partial charge in [-0.2, -0.15) is 0 Å². The summed E-state index contributed by atoms with van der Waals surface area (Å²) in [5, 5.41) is 10.9. The monoisotopic (exact) mass is 288 g/mol. The number of aromatic nitrogens is 2. The summed E-state index contributed by atoms with van der Waals surface area (Å²) < 4.78 is 0.619. The van der Waals surface area contributed by atoms with Crippen LogP contribution in [0.15, 0.2) is 4.34 Å². The van der Waals surface area contributed by atoms with E-state index in [1.54, 1.807) is 0 Å². The Balaban J connectivity index is 2.53. The number of anilines is 1. The summed E-state index contributed by atoms with van der Waals surface area (Å²) in [4.78, 5) is 22.4. The Morgan fingerprint density at radius 3 is 2.61 bits per heavy atom. The van der Waals surface area contributed by atoms with Gasteiger partial charge in [-0.3, -0.25) is 9.59 Å². The van der Waals surface area contributed by atoms with Gasteiger partial charge in [0.2, 0.25) is 16.9 Å². The lowest BCUT2D eigenvalue weighted by molar-refractivity contribution is -0.120. The van der Waals surface area contributed by atoms with Gasteiger partial charge in [0.1, 0.15) is 0 Å². The molecular formula is C10H16N4O2S2. The molecule has 0 aromatic carbocycles. The van der Waals surface area contributed by atoms with Crippen LogP contribution < -0.4 is 11.1 Å². The number of carbonyl (C=O) groups is 2. The number of amides is 2. The molecule has 0 fully saturated rings. The fourth-order valence-corrected chi connectivity index (χ4v) is 2.81. The van der Waals surface area contributed by atoms with Crippen LogP contribution in [0.1, 0.15) is 26.7 Å². The molecule has 1 heterocycles. The molecule has 2 amide bonds. The molecule has 0 unspecified atom stereocenters. The third-order valence-electron chi connectivity index (χ3n) is 2.33. The number of nitrogens with zero attached hydrogens (tertiary/aromatic N) is 2. The molecule has 3 N–H and O–H groups in total. The van der Waals surface area contributed by atoms with Crippen LogP contribution in [-0.2, 0) is 9.59 Å². The Labute approximate surface area is 114 Å². The molecule has 1 rings (SSSR count). The van der Waals surface area contributed by atoms with Gasteiger partial charge in [0, 0.05) is 5.92 Å². The number of primary amides is 1. The van der Waals surface area contributed by atoms with E-state index in [1.807, 2.05) is 13.8 Å². The minimum absolute atomic E-state index is 0.00405. The Bertz CT molecular complexity index is 418. The molecule has 0 bridgehead atoms. The van der Waals surface area contributed by atoms with Gasteiger partial charge in [0.25, 0.3) is 0 Å². The van der Waals surface area contributed by atoms with Crippen LogP contribution in [0.25, 0.3) is 0 Å². The summed E-state index contributed by atoms with van der Waals surface area (Å²) in [6.07, 6.45) is 1.59. The van der Waals surface area contributed by atoms with Gasteiger partial charge in [0.15, 0.2) is 4.34 Å². The van der Waals surface area contributed by atoms with Gasteiger partial charge >= 0.3 is 0 Å². The molecule has 18 heavy (non-hydrogen) atoms. The second-order valence-electron chi connectivity index (χ2n) is 3.63. The molecule has 6 nitrogen and oxygen atoms in total.